The van der Waals surface area contributed by atoms with E-state index in [0.29, 0.717) is 5.56 Å². The zero-order valence-corrected chi connectivity index (χ0v) is 11.4. The SMILES string of the molecule is CC(C)C(=O)NC(CO)C(O)c1ccc(N(O)O)cc1. The highest BCUT2D eigenvalue weighted by Gasteiger charge is 2.23. The molecule has 7 heteroatoms. The highest BCUT2D eigenvalue weighted by Crippen LogP contribution is 2.20. The van der Waals surface area contributed by atoms with Gasteiger partial charge in [0.2, 0.25) is 5.91 Å². The van der Waals surface area contributed by atoms with Gasteiger partial charge >= 0.3 is 0 Å². The normalized spacial score (nSPS) is 13.9. The Labute approximate surface area is 117 Å². The summed E-state index contributed by atoms with van der Waals surface area (Å²) in [4.78, 5) is 11.6. The summed E-state index contributed by atoms with van der Waals surface area (Å²) in [5, 5.41) is 39.5. The Morgan fingerprint density at radius 2 is 1.80 bits per heavy atom. The third-order valence-electron chi connectivity index (χ3n) is 2.90. The largest absolute Gasteiger partial charge is 0.394 e. The molecule has 2 unspecified atom stereocenters. The topological polar surface area (TPSA) is 113 Å². The van der Waals surface area contributed by atoms with Gasteiger partial charge in [-0.1, -0.05) is 26.0 Å². The van der Waals surface area contributed by atoms with E-state index in [1.165, 1.54) is 24.3 Å². The second kappa shape index (κ2) is 7.20. The molecule has 1 aromatic rings. The minimum Gasteiger partial charge on any atom is -0.394 e. The molecule has 0 aliphatic carbocycles. The molecule has 1 amide bonds. The molecule has 0 fully saturated rings. The summed E-state index contributed by atoms with van der Waals surface area (Å²) in [6.07, 6.45) is -1.09. The second-order valence-corrected chi connectivity index (χ2v) is 4.78. The summed E-state index contributed by atoms with van der Waals surface area (Å²) < 4.78 is 0. The average Bonchev–Trinajstić information content (AvgIpc) is 2.43. The number of aliphatic hydroxyl groups is 2. The third-order valence-corrected chi connectivity index (χ3v) is 2.90. The van der Waals surface area contributed by atoms with Crippen molar-refractivity contribution in [3.8, 4) is 0 Å². The van der Waals surface area contributed by atoms with E-state index in [1.807, 2.05) is 0 Å². The van der Waals surface area contributed by atoms with Crippen molar-refractivity contribution in [2.75, 3.05) is 11.8 Å². The average molecular weight is 284 g/mol. The molecule has 0 saturated carbocycles. The first-order chi connectivity index (χ1) is 9.36. The Morgan fingerprint density at radius 3 is 2.20 bits per heavy atom. The lowest BCUT2D eigenvalue weighted by molar-refractivity contribution is -0.126. The number of carbonyl (C=O) groups excluding carboxylic acids is 1. The molecule has 0 spiro atoms. The second-order valence-electron chi connectivity index (χ2n) is 4.78. The van der Waals surface area contributed by atoms with Crippen LogP contribution in [0.4, 0.5) is 5.69 Å². The van der Waals surface area contributed by atoms with Gasteiger partial charge < -0.3 is 15.5 Å². The van der Waals surface area contributed by atoms with Crippen LogP contribution in [0.25, 0.3) is 0 Å². The van der Waals surface area contributed by atoms with Gasteiger partial charge in [-0.05, 0) is 17.7 Å². The summed E-state index contributed by atoms with van der Waals surface area (Å²) in [5.74, 6) is -0.521. The van der Waals surface area contributed by atoms with E-state index in [2.05, 4.69) is 5.32 Å². The Hall–Kier alpha value is -1.67. The number of hydrogen-bond acceptors (Lipinski definition) is 6. The zero-order valence-electron chi connectivity index (χ0n) is 11.4. The smallest absolute Gasteiger partial charge is 0.222 e. The van der Waals surface area contributed by atoms with Crippen LogP contribution in [-0.4, -0.2) is 39.2 Å². The van der Waals surface area contributed by atoms with Crippen molar-refractivity contribution in [2.24, 2.45) is 5.92 Å². The Balaban J connectivity index is 2.80. The van der Waals surface area contributed by atoms with Crippen LogP contribution < -0.4 is 10.5 Å². The van der Waals surface area contributed by atoms with E-state index in [0.717, 1.165) is 0 Å². The molecule has 7 nitrogen and oxygen atoms in total. The molecule has 0 aromatic heterocycles. The van der Waals surface area contributed by atoms with Crippen LogP contribution in [0.5, 0.6) is 0 Å². The van der Waals surface area contributed by atoms with E-state index >= 15 is 0 Å². The van der Waals surface area contributed by atoms with Gasteiger partial charge in [0.25, 0.3) is 0 Å². The number of benzene rings is 1. The van der Waals surface area contributed by atoms with Crippen molar-refractivity contribution in [3.63, 3.8) is 0 Å². The van der Waals surface area contributed by atoms with Gasteiger partial charge in [0.1, 0.15) is 6.10 Å². The Bertz CT molecular complexity index is 433. The molecule has 20 heavy (non-hydrogen) atoms. The maximum absolute atomic E-state index is 11.6. The van der Waals surface area contributed by atoms with Crippen molar-refractivity contribution in [3.05, 3.63) is 29.8 Å². The number of amides is 1. The van der Waals surface area contributed by atoms with Crippen LogP contribution in [-0.2, 0) is 4.79 Å². The van der Waals surface area contributed by atoms with Crippen molar-refractivity contribution in [1.29, 1.82) is 0 Å². The fourth-order valence-electron chi connectivity index (χ4n) is 1.61. The molecule has 2 atom stereocenters. The summed E-state index contributed by atoms with van der Waals surface area (Å²) in [7, 11) is 0. The number of rotatable bonds is 6. The van der Waals surface area contributed by atoms with Crippen LogP contribution in [0.3, 0.4) is 0 Å². The van der Waals surface area contributed by atoms with Gasteiger partial charge in [-0.2, -0.15) is 0 Å². The Morgan fingerprint density at radius 1 is 1.25 bits per heavy atom. The maximum atomic E-state index is 11.6. The minimum atomic E-state index is -1.09. The number of nitrogens with one attached hydrogen (secondary N) is 1. The number of nitrogens with zero attached hydrogens (tertiary/aromatic N) is 1. The van der Waals surface area contributed by atoms with Gasteiger partial charge in [-0.3, -0.25) is 15.2 Å². The van der Waals surface area contributed by atoms with Gasteiger partial charge in [-0.25, -0.2) is 0 Å². The fourth-order valence-corrected chi connectivity index (χ4v) is 1.61. The standard InChI is InChI=1S/C13H20N2O5/c1-8(2)13(18)14-11(7-16)12(17)9-3-5-10(6-4-9)15(19)20/h3-6,8,11-12,16-17,19-20H,7H2,1-2H3,(H,14,18). The molecule has 0 heterocycles. The molecule has 0 bridgehead atoms. The summed E-state index contributed by atoms with van der Waals surface area (Å²) >= 11 is 0. The number of aliphatic hydroxyl groups excluding tert-OH is 2. The molecule has 0 saturated heterocycles. The van der Waals surface area contributed by atoms with Crippen molar-refractivity contribution in [2.45, 2.75) is 26.0 Å². The number of anilines is 1. The predicted octanol–water partition coefficient (Wildman–Crippen LogP) is 0.438. The van der Waals surface area contributed by atoms with E-state index in [1.54, 1.807) is 13.8 Å². The van der Waals surface area contributed by atoms with Gasteiger partial charge in [-0.15, -0.1) is 5.23 Å². The zero-order chi connectivity index (χ0) is 15.3. The molecule has 0 aliphatic heterocycles. The molecule has 5 N–H and O–H groups in total. The molecule has 0 aliphatic rings. The number of hydrogen-bond donors (Lipinski definition) is 5. The van der Waals surface area contributed by atoms with E-state index in [9.17, 15) is 15.0 Å². The minimum absolute atomic E-state index is 0.0414. The Kier molecular flexibility index (Phi) is 5.90. The van der Waals surface area contributed by atoms with Gasteiger partial charge in [0.05, 0.1) is 18.3 Å². The molecule has 0 radical (unpaired) electrons. The molecule has 1 rings (SSSR count). The first-order valence-corrected chi connectivity index (χ1v) is 6.24. The van der Waals surface area contributed by atoms with Crippen LogP contribution in [0, 0.1) is 5.92 Å². The first kappa shape index (κ1) is 16.4. The highest BCUT2D eigenvalue weighted by molar-refractivity contribution is 5.78. The fraction of sp³-hybridized carbons (Fsp3) is 0.462. The van der Waals surface area contributed by atoms with E-state index < -0.39 is 18.8 Å². The number of carbonyl (C=O) groups is 1. The lowest BCUT2D eigenvalue weighted by Crippen LogP contribution is -2.43. The van der Waals surface area contributed by atoms with Crippen LogP contribution in [0.2, 0.25) is 0 Å². The van der Waals surface area contributed by atoms with E-state index in [-0.39, 0.29) is 22.7 Å². The summed E-state index contributed by atoms with van der Waals surface area (Å²) in [6, 6.07) is 4.90. The highest BCUT2D eigenvalue weighted by atomic mass is 16.8. The third kappa shape index (κ3) is 4.17. The first-order valence-electron chi connectivity index (χ1n) is 6.24. The summed E-state index contributed by atoms with van der Waals surface area (Å²) in [5.41, 5.74) is 0.575. The van der Waals surface area contributed by atoms with Crippen molar-refractivity contribution >= 4 is 11.6 Å². The monoisotopic (exact) mass is 284 g/mol. The lowest BCUT2D eigenvalue weighted by Gasteiger charge is -2.23. The van der Waals surface area contributed by atoms with Crippen molar-refractivity contribution < 1.29 is 25.4 Å². The summed E-state index contributed by atoms with van der Waals surface area (Å²) in [6.45, 7) is 3.01. The quantitative estimate of drug-likeness (QED) is 0.484. The van der Waals surface area contributed by atoms with Crippen LogP contribution in [0.1, 0.15) is 25.5 Å². The molecule has 1 aromatic carbocycles. The molecular formula is C13H20N2O5. The molecule has 112 valence electrons. The van der Waals surface area contributed by atoms with Crippen LogP contribution in [0.15, 0.2) is 24.3 Å². The van der Waals surface area contributed by atoms with Crippen LogP contribution >= 0.6 is 0 Å². The van der Waals surface area contributed by atoms with E-state index in [4.69, 9.17) is 10.4 Å². The lowest BCUT2D eigenvalue weighted by atomic mass is 10.0. The molecular weight excluding hydrogens is 264 g/mol. The predicted molar refractivity (Wildman–Crippen MR) is 71.3 cm³/mol. The van der Waals surface area contributed by atoms with Gasteiger partial charge in [0.15, 0.2) is 0 Å². The van der Waals surface area contributed by atoms with Crippen molar-refractivity contribution in [1.82, 2.24) is 5.32 Å². The maximum Gasteiger partial charge on any atom is 0.222 e. The van der Waals surface area contributed by atoms with Gasteiger partial charge in [0, 0.05) is 5.92 Å².